The number of aromatic nitrogens is 1. The lowest BCUT2D eigenvalue weighted by Gasteiger charge is -2.26. The van der Waals surface area contributed by atoms with Crippen molar-refractivity contribution in [3.8, 4) is 11.5 Å². The molecule has 1 aromatic heterocycles. The van der Waals surface area contributed by atoms with Gasteiger partial charge in [-0.1, -0.05) is 35.1 Å². The molecule has 0 aliphatic carbocycles. The lowest BCUT2D eigenvalue weighted by Crippen LogP contribution is -2.41. The third-order valence-electron chi connectivity index (χ3n) is 5.58. The van der Waals surface area contributed by atoms with Gasteiger partial charge in [0.15, 0.2) is 22.0 Å². The first-order chi connectivity index (χ1) is 18.8. The fraction of sp³-hybridized carbons (Fsp3) is 0.231. The Hall–Kier alpha value is -3.17. The van der Waals surface area contributed by atoms with Crippen molar-refractivity contribution in [1.29, 1.82) is 0 Å². The maximum Gasteiger partial charge on any atom is 0.434 e. The second-order valence-electron chi connectivity index (χ2n) is 8.24. The summed E-state index contributed by atoms with van der Waals surface area (Å²) in [5.41, 5.74) is -2.27. The number of esters is 2. The summed E-state index contributed by atoms with van der Waals surface area (Å²) in [6.45, 7) is 2.51. The minimum Gasteiger partial charge on any atom is -0.493 e. The molecule has 40 heavy (non-hydrogen) atoms. The van der Waals surface area contributed by atoms with Crippen molar-refractivity contribution in [2.75, 3.05) is 13.7 Å². The molecular weight excluding hydrogens is 688 g/mol. The van der Waals surface area contributed by atoms with Gasteiger partial charge >= 0.3 is 18.1 Å². The van der Waals surface area contributed by atoms with E-state index in [1.54, 1.807) is 6.07 Å². The SMILES string of the molecule is CCOC(=O)C1=C(C(F)(F)F)N=c2s/c(=C\c3cc(I)c(OC(C)=O)c(OC)c3)c(=O)n2[C@H]1c1ccc(Cl)cc1. The van der Waals surface area contributed by atoms with Gasteiger partial charge in [0.05, 0.1) is 33.4 Å². The molecule has 0 unspecified atom stereocenters. The number of allylic oxidation sites excluding steroid dienone is 1. The highest BCUT2D eigenvalue weighted by Crippen LogP contribution is 2.39. The summed E-state index contributed by atoms with van der Waals surface area (Å²) in [5, 5.41) is 0.314. The molecule has 1 aliphatic heterocycles. The van der Waals surface area contributed by atoms with Crippen molar-refractivity contribution in [3.63, 3.8) is 0 Å². The van der Waals surface area contributed by atoms with Crippen LogP contribution >= 0.6 is 45.5 Å². The van der Waals surface area contributed by atoms with Gasteiger partial charge in [-0.15, -0.1) is 0 Å². The van der Waals surface area contributed by atoms with E-state index in [2.05, 4.69) is 4.99 Å². The number of ether oxygens (including phenoxy) is 3. The van der Waals surface area contributed by atoms with Gasteiger partial charge in [0.25, 0.3) is 5.56 Å². The van der Waals surface area contributed by atoms with Crippen LogP contribution in [0.2, 0.25) is 5.02 Å². The topological polar surface area (TPSA) is 96.2 Å². The van der Waals surface area contributed by atoms with Gasteiger partial charge in [0, 0.05) is 11.9 Å². The van der Waals surface area contributed by atoms with Crippen LogP contribution in [-0.4, -0.2) is 36.4 Å². The Labute approximate surface area is 247 Å². The molecule has 0 radical (unpaired) electrons. The van der Waals surface area contributed by atoms with Crippen molar-refractivity contribution in [2.45, 2.75) is 26.1 Å². The molecule has 2 aromatic carbocycles. The smallest absolute Gasteiger partial charge is 0.434 e. The number of methoxy groups -OCH3 is 1. The van der Waals surface area contributed by atoms with Gasteiger partial charge in [0.2, 0.25) is 0 Å². The number of thiazole rings is 1. The molecule has 1 atom stereocenters. The van der Waals surface area contributed by atoms with Crippen LogP contribution in [0.4, 0.5) is 13.2 Å². The van der Waals surface area contributed by atoms with Crippen molar-refractivity contribution < 1.29 is 37.0 Å². The molecule has 2 heterocycles. The molecule has 1 aliphatic rings. The molecule has 4 rings (SSSR count). The quantitative estimate of drug-likeness (QED) is 0.213. The molecule has 0 fully saturated rings. The highest BCUT2D eigenvalue weighted by molar-refractivity contribution is 14.1. The van der Waals surface area contributed by atoms with Gasteiger partial charge in [0.1, 0.15) is 0 Å². The zero-order chi connectivity index (χ0) is 29.4. The molecule has 0 saturated carbocycles. The second-order valence-corrected chi connectivity index (χ2v) is 10.9. The number of carbonyl (C=O) groups excluding carboxylic acids is 2. The van der Waals surface area contributed by atoms with Crippen LogP contribution in [-0.2, 0) is 14.3 Å². The zero-order valence-corrected chi connectivity index (χ0v) is 24.7. The molecule has 14 heteroatoms. The molecule has 0 saturated heterocycles. The fourth-order valence-electron chi connectivity index (χ4n) is 4.02. The van der Waals surface area contributed by atoms with Crippen molar-refractivity contribution in [3.05, 3.63) is 87.1 Å². The molecule has 0 amide bonds. The summed E-state index contributed by atoms with van der Waals surface area (Å²) in [7, 11) is 1.37. The molecule has 0 N–H and O–H groups in total. The number of nitrogens with zero attached hydrogens (tertiary/aromatic N) is 2. The first-order valence-electron chi connectivity index (χ1n) is 11.5. The van der Waals surface area contributed by atoms with E-state index in [0.29, 0.717) is 14.2 Å². The van der Waals surface area contributed by atoms with Gasteiger partial charge in [-0.2, -0.15) is 13.2 Å². The summed E-state index contributed by atoms with van der Waals surface area (Å²) in [6.07, 6.45) is -3.57. The highest BCUT2D eigenvalue weighted by Gasteiger charge is 2.45. The van der Waals surface area contributed by atoms with Crippen LogP contribution in [0.1, 0.15) is 31.0 Å². The van der Waals surface area contributed by atoms with Crippen LogP contribution < -0.4 is 24.4 Å². The second kappa shape index (κ2) is 11.7. The number of fused-ring (bicyclic) bond motifs is 1. The van der Waals surface area contributed by atoms with E-state index in [4.69, 9.17) is 25.8 Å². The third kappa shape index (κ3) is 5.95. The molecule has 0 bridgehead atoms. The first-order valence-corrected chi connectivity index (χ1v) is 13.7. The Balaban J connectivity index is 2.00. The lowest BCUT2D eigenvalue weighted by molar-refractivity contribution is -0.140. The number of rotatable bonds is 6. The minimum absolute atomic E-state index is 0.0439. The van der Waals surface area contributed by atoms with Crippen molar-refractivity contribution >= 4 is 63.5 Å². The Kier molecular flexibility index (Phi) is 8.75. The Morgan fingerprint density at radius 2 is 1.90 bits per heavy atom. The van der Waals surface area contributed by atoms with Crippen molar-refractivity contribution in [1.82, 2.24) is 4.57 Å². The summed E-state index contributed by atoms with van der Waals surface area (Å²) in [5.74, 6) is -1.40. The van der Waals surface area contributed by atoms with E-state index in [1.165, 1.54) is 57.4 Å². The van der Waals surface area contributed by atoms with E-state index in [-0.39, 0.29) is 33.0 Å². The molecule has 0 spiro atoms. The fourth-order valence-corrected chi connectivity index (χ4v) is 5.88. The Bertz CT molecular complexity index is 1710. The van der Waals surface area contributed by atoms with E-state index in [0.717, 1.165) is 15.9 Å². The molecule has 8 nitrogen and oxygen atoms in total. The summed E-state index contributed by atoms with van der Waals surface area (Å²) >= 11 is 8.65. The third-order valence-corrected chi connectivity index (χ3v) is 7.61. The van der Waals surface area contributed by atoms with Gasteiger partial charge < -0.3 is 14.2 Å². The van der Waals surface area contributed by atoms with Gasteiger partial charge in [-0.25, -0.2) is 9.79 Å². The Morgan fingerprint density at radius 1 is 1.23 bits per heavy atom. The summed E-state index contributed by atoms with van der Waals surface area (Å²) < 4.78 is 59.7. The molecular formula is C26H19ClF3IN2O6S. The number of halogens is 5. The number of hydrogen-bond acceptors (Lipinski definition) is 8. The van der Waals surface area contributed by atoms with Crippen LogP contribution in [0.25, 0.3) is 6.08 Å². The molecule has 210 valence electrons. The van der Waals surface area contributed by atoms with E-state index < -0.39 is 41.0 Å². The Morgan fingerprint density at radius 3 is 2.48 bits per heavy atom. The van der Waals surface area contributed by atoms with Gasteiger partial charge in [-0.05, 0) is 71.0 Å². The average Bonchev–Trinajstić information content (AvgIpc) is 3.19. The number of hydrogen-bond donors (Lipinski definition) is 0. The number of alkyl halides is 3. The normalized spacial score (nSPS) is 15.4. The van der Waals surface area contributed by atoms with E-state index >= 15 is 0 Å². The number of benzene rings is 2. The van der Waals surface area contributed by atoms with Crippen molar-refractivity contribution in [2.24, 2.45) is 4.99 Å². The van der Waals surface area contributed by atoms with Crippen LogP contribution in [0.5, 0.6) is 11.5 Å². The summed E-state index contributed by atoms with van der Waals surface area (Å²) in [6, 6.07) is 7.41. The lowest BCUT2D eigenvalue weighted by atomic mass is 9.95. The maximum absolute atomic E-state index is 14.2. The predicted molar refractivity (Wildman–Crippen MR) is 149 cm³/mol. The van der Waals surface area contributed by atoms with E-state index in [1.807, 2.05) is 22.6 Å². The van der Waals surface area contributed by atoms with E-state index in [9.17, 15) is 27.6 Å². The molecule has 3 aromatic rings. The monoisotopic (exact) mass is 706 g/mol. The average molecular weight is 707 g/mol. The van der Waals surface area contributed by atoms with Gasteiger partial charge in [-0.3, -0.25) is 14.2 Å². The van der Waals surface area contributed by atoms with Crippen LogP contribution in [0, 0.1) is 3.57 Å². The zero-order valence-electron chi connectivity index (χ0n) is 21.0. The number of carbonyl (C=O) groups is 2. The summed E-state index contributed by atoms with van der Waals surface area (Å²) in [4.78, 5) is 41.6. The van der Waals surface area contributed by atoms with Crippen LogP contribution in [0.15, 0.2) is 57.5 Å². The largest absolute Gasteiger partial charge is 0.493 e. The maximum atomic E-state index is 14.2. The minimum atomic E-state index is -5.02. The van der Waals surface area contributed by atoms with Crippen LogP contribution in [0.3, 0.4) is 0 Å². The highest BCUT2D eigenvalue weighted by atomic mass is 127. The predicted octanol–water partition coefficient (Wildman–Crippen LogP) is 4.53. The standard InChI is InChI=1S/C26H19ClF3IN2O6S/c1-4-38-24(36)19-20(14-5-7-15(27)8-6-14)33-23(35)18(40-25(33)32-22(19)26(28,29)30)11-13-9-16(31)21(39-12(2)34)17(10-13)37-3/h5-11,20H,4H2,1-3H3/b18-11-/t20-/m0/s1. The first kappa shape index (κ1) is 29.8.